The maximum Gasteiger partial charge on any atom is 0.255 e. The van der Waals surface area contributed by atoms with Gasteiger partial charge in [0.25, 0.3) is 5.91 Å². The van der Waals surface area contributed by atoms with Crippen LogP contribution in [-0.2, 0) is 20.0 Å². The highest BCUT2D eigenvalue weighted by Crippen LogP contribution is 2.58. The van der Waals surface area contributed by atoms with E-state index in [0.29, 0.717) is 0 Å². The minimum atomic E-state index is -2.78. The Hall–Kier alpha value is -2.92. The third-order valence-corrected chi connectivity index (χ3v) is 7.39. The lowest BCUT2D eigenvalue weighted by molar-refractivity contribution is -0.159. The maximum atomic E-state index is 13.7. The van der Waals surface area contributed by atoms with E-state index in [2.05, 4.69) is 0 Å². The number of aliphatic hydroxyl groups excluding tert-OH is 2. The van der Waals surface area contributed by atoms with Crippen molar-refractivity contribution in [2.24, 2.45) is 17.6 Å². The lowest BCUT2D eigenvalue weighted by Crippen LogP contribution is -2.67. The van der Waals surface area contributed by atoms with Crippen LogP contribution in [-0.4, -0.2) is 73.6 Å². The van der Waals surface area contributed by atoms with E-state index in [1.807, 2.05) is 0 Å². The number of hydrogen-bond donors (Lipinski definition) is 6. The standard InChI is InChI=1S/C22H23ClN2O8/c1-21(32)7-6-8-15(25(2)3)17(28)13(20(24)31)19(30)22(8,33)18(29)11(7)16(27)12-10(26)5-4-9(23)14(12)21/h4-5,7-8,15,26-27,30,32-33H,6H2,1-3H3,(H2,24,31)/t7-,8+,15+,21-,22-/m0/s1. The molecule has 0 heterocycles. The molecule has 11 heteroatoms. The summed E-state index contributed by atoms with van der Waals surface area (Å²) < 4.78 is 0. The molecule has 4 rings (SSSR count). The van der Waals surface area contributed by atoms with Gasteiger partial charge >= 0.3 is 0 Å². The number of Topliss-reactive ketones (excluding diaryl/α,β-unsaturated/α-hetero) is 2. The fraction of sp³-hybridized carbons (Fsp3) is 0.409. The molecule has 5 atom stereocenters. The molecule has 3 aliphatic rings. The smallest absolute Gasteiger partial charge is 0.255 e. The summed E-state index contributed by atoms with van der Waals surface area (Å²) in [5.41, 5.74) is -1.10. The summed E-state index contributed by atoms with van der Waals surface area (Å²) in [7, 11) is 2.97. The topological polar surface area (TPSA) is 182 Å². The van der Waals surface area contributed by atoms with Crippen LogP contribution in [0.4, 0.5) is 0 Å². The van der Waals surface area contributed by atoms with Crippen molar-refractivity contribution in [3.8, 4) is 5.75 Å². The fourth-order valence-corrected chi connectivity index (χ4v) is 5.93. The maximum absolute atomic E-state index is 13.7. The molecule has 0 unspecified atom stereocenters. The van der Waals surface area contributed by atoms with Gasteiger partial charge < -0.3 is 31.3 Å². The molecular formula is C22H23ClN2O8. The monoisotopic (exact) mass is 478 g/mol. The molecule has 33 heavy (non-hydrogen) atoms. The molecule has 1 saturated carbocycles. The number of nitrogens with zero attached hydrogens (tertiary/aromatic N) is 1. The summed E-state index contributed by atoms with van der Waals surface area (Å²) in [6.07, 6.45) is -0.259. The number of carbonyl (C=O) groups is 3. The van der Waals surface area contributed by atoms with Gasteiger partial charge in [-0.25, -0.2) is 0 Å². The fourth-order valence-electron chi connectivity index (χ4n) is 5.58. The molecule has 0 radical (unpaired) electrons. The Labute approximate surface area is 193 Å². The van der Waals surface area contributed by atoms with Crippen LogP contribution in [0, 0.1) is 11.8 Å². The lowest BCUT2D eigenvalue weighted by Gasteiger charge is -2.53. The van der Waals surface area contributed by atoms with E-state index >= 15 is 0 Å². The van der Waals surface area contributed by atoms with Crippen molar-refractivity contribution in [2.45, 2.75) is 30.6 Å². The molecule has 10 nitrogen and oxygen atoms in total. The van der Waals surface area contributed by atoms with Crippen molar-refractivity contribution >= 4 is 34.8 Å². The highest BCUT2D eigenvalue weighted by molar-refractivity contribution is 6.32. The summed E-state index contributed by atoms with van der Waals surface area (Å²) in [4.78, 5) is 40.1. The highest BCUT2D eigenvalue weighted by Gasteiger charge is 2.66. The first-order chi connectivity index (χ1) is 15.2. The van der Waals surface area contributed by atoms with Crippen molar-refractivity contribution in [3.05, 3.63) is 45.2 Å². The number of benzene rings is 1. The van der Waals surface area contributed by atoms with E-state index < -0.39 is 75.0 Å². The number of hydrogen-bond acceptors (Lipinski definition) is 9. The van der Waals surface area contributed by atoms with Gasteiger partial charge in [-0.2, -0.15) is 0 Å². The first-order valence-corrected chi connectivity index (χ1v) is 10.5. The molecule has 1 amide bonds. The number of ketones is 2. The van der Waals surface area contributed by atoms with Gasteiger partial charge in [0, 0.05) is 28.0 Å². The number of phenolic OH excluding ortho intramolecular Hbond substituents is 1. The number of phenols is 1. The average Bonchev–Trinajstić information content (AvgIpc) is 2.69. The molecule has 0 aromatic heterocycles. The summed E-state index contributed by atoms with van der Waals surface area (Å²) in [5.74, 6) is -8.30. The SMILES string of the molecule is CN(C)[C@H]1C(=O)C(C(N)=O)=C(O)[C@@]2(O)C(=O)C3=C(O)c4c(O)ccc(Cl)c4[C@@](C)(O)[C@H]3C[C@H]12. The number of aromatic hydroxyl groups is 1. The first-order valence-electron chi connectivity index (χ1n) is 10.1. The number of carbonyl (C=O) groups excluding carboxylic acids is 3. The van der Waals surface area contributed by atoms with E-state index in [1.54, 1.807) is 0 Å². The Morgan fingerprint density at radius 1 is 1.18 bits per heavy atom. The highest BCUT2D eigenvalue weighted by atomic mass is 35.5. The van der Waals surface area contributed by atoms with Gasteiger partial charge in [0.15, 0.2) is 11.4 Å². The Morgan fingerprint density at radius 2 is 1.79 bits per heavy atom. The van der Waals surface area contributed by atoms with E-state index in [1.165, 1.54) is 38.1 Å². The van der Waals surface area contributed by atoms with Crippen LogP contribution in [0.5, 0.6) is 5.75 Å². The molecule has 0 bridgehead atoms. The van der Waals surface area contributed by atoms with Crippen LogP contribution in [0.3, 0.4) is 0 Å². The molecule has 1 fully saturated rings. The van der Waals surface area contributed by atoms with E-state index in [-0.39, 0.29) is 22.6 Å². The molecule has 7 N–H and O–H groups in total. The number of nitrogens with two attached hydrogens (primary N) is 1. The molecule has 176 valence electrons. The number of primary amides is 1. The molecule has 0 aliphatic heterocycles. The molecule has 1 aromatic carbocycles. The number of halogens is 1. The second-order valence-corrected chi connectivity index (χ2v) is 9.48. The second-order valence-electron chi connectivity index (χ2n) is 9.08. The van der Waals surface area contributed by atoms with E-state index in [0.717, 1.165) is 0 Å². The van der Waals surface area contributed by atoms with Crippen LogP contribution in [0.1, 0.15) is 24.5 Å². The second kappa shape index (κ2) is 7.04. The minimum absolute atomic E-state index is 0.0187. The molecule has 1 aromatic rings. The zero-order valence-electron chi connectivity index (χ0n) is 18.0. The summed E-state index contributed by atoms with van der Waals surface area (Å²) in [5, 5.41) is 55.2. The van der Waals surface area contributed by atoms with E-state index in [4.69, 9.17) is 17.3 Å². The third-order valence-electron chi connectivity index (χ3n) is 7.07. The van der Waals surface area contributed by atoms with Crippen LogP contribution in [0.2, 0.25) is 5.02 Å². The summed E-state index contributed by atoms with van der Waals surface area (Å²) in [6.45, 7) is 1.34. The zero-order chi connectivity index (χ0) is 24.8. The molecular weight excluding hydrogens is 456 g/mol. The van der Waals surface area contributed by atoms with Gasteiger partial charge in [-0.05, 0) is 39.6 Å². The van der Waals surface area contributed by atoms with Gasteiger partial charge in [-0.1, -0.05) is 11.6 Å². The van der Waals surface area contributed by atoms with E-state index in [9.17, 15) is 39.9 Å². The number of amides is 1. The van der Waals surface area contributed by atoms with Crippen molar-refractivity contribution in [3.63, 3.8) is 0 Å². The Balaban J connectivity index is 2.07. The normalized spacial score (nSPS) is 33.7. The summed E-state index contributed by atoms with van der Waals surface area (Å²) >= 11 is 6.28. The Morgan fingerprint density at radius 3 is 2.33 bits per heavy atom. The predicted molar refractivity (Wildman–Crippen MR) is 115 cm³/mol. The minimum Gasteiger partial charge on any atom is -0.508 e. The van der Waals surface area contributed by atoms with Crippen LogP contribution in [0.25, 0.3) is 5.76 Å². The van der Waals surface area contributed by atoms with Crippen molar-refractivity contribution in [1.29, 1.82) is 0 Å². The first kappa shape index (κ1) is 23.2. The largest absolute Gasteiger partial charge is 0.508 e. The lowest BCUT2D eigenvalue weighted by atomic mass is 9.54. The van der Waals surface area contributed by atoms with Crippen LogP contribution in [0.15, 0.2) is 29.0 Å². The molecule has 0 spiro atoms. The predicted octanol–water partition coefficient (Wildman–Crippen LogP) is 0.282. The Bertz CT molecular complexity index is 1200. The number of aliphatic hydroxyl groups is 4. The number of rotatable bonds is 2. The average molecular weight is 479 g/mol. The summed E-state index contributed by atoms with van der Waals surface area (Å²) in [6, 6.07) is 1.24. The van der Waals surface area contributed by atoms with Crippen molar-refractivity contribution in [1.82, 2.24) is 4.90 Å². The Kier molecular flexibility index (Phi) is 4.96. The van der Waals surface area contributed by atoms with Gasteiger partial charge in [-0.15, -0.1) is 0 Å². The quantitative estimate of drug-likeness (QED) is 0.325. The van der Waals surface area contributed by atoms with Crippen molar-refractivity contribution in [2.75, 3.05) is 14.1 Å². The van der Waals surface area contributed by atoms with Gasteiger partial charge in [0.2, 0.25) is 5.78 Å². The number of likely N-dealkylation sites (N-methyl/N-ethyl adjacent to an activating group) is 1. The van der Waals surface area contributed by atoms with Crippen LogP contribution >= 0.6 is 11.6 Å². The van der Waals surface area contributed by atoms with Crippen molar-refractivity contribution < 1.29 is 39.9 Å². The van der Waals surface area contributed by atoms with Gasteiger partial charge in [-0.3, -0.25) is 19.3 Å². The third kappa shape index (κ3) is 2.75. The van der Waals surface area contributed by atoms with Crippen LogP contribution < -0.4 is 5.73 Å². The molecule has 3 aliphatic carbocycles. The van der Waals surface area contributed by atoms with Gasteiger partial charge in [0.05, 0.1) is 17.2 Å². The molecule has 0 saturated heterocycles. The number of fused-ring (bicyclic) bond motifs is 3. The zero-order valence-corrected chi connectivity index (χ0v) is 18.7. The van der Waals surface area contributed by atoms with Gasteiger partial charge in [0.1, 0.15) is 22.8 Å².